The summed E-state index contributed by atoms with van der Waals surface area (Å²) < 4.78 is 20.8. The molecule has 0 bridgehead atoms. The third-order valence-electron chi connectivity index (χ3n) is 4.56. The first-order valence-corrected chi connectivity index (χ1v) is 8.50. The molecular formula is C21H15FN4O. The quantitative estimate of drug-likeness (QED) is 0.509. The second-order valence-corrected chi connectivity index (χ2v) is 6.22. The van der Waals surface area contributed by atoms with Crippen LogP contribution in [-0.4, -0.2) is 26.5 Å². The highest BCUT2D eigenvalue weighted by Gasteiger charge is 2.17. The lowest BCUT2D eigenvalue weighted by Crippen LogP contribution is -1.89. The molecule has 3 aromatic heterocycles. The highest BCUT2D eigenvalue weighted by molar-refractivity contribution is 5.84. The van der Waals surface area contributed by atoms with E-state index in [1.54, 1.807) is 13.2 Å². The lowest BCUT2D eigenvalue weighted by atomic mass is 10.2. The standard InChI is InChI=1S/C21H15FN4O/c1-27-15-8-5-13(6-9-15)21-25-19(18-4-2-3-11-26(18)21)20-23-16-10-7-14(22)12-17(16)24-20/h2-12H,1H3,(H,23,24). The molecule has 0 saturated heterocycles. The predicted molar refractivity (Wildman–Crippen MR) is 102 cm³/mol. The molecule has 132 valence electrons. The zero-order valence-corrected chi connectivity index (χ0v) is 14.5. The van der Waals surface area contributed by atoms with Crippen LogP contribution >= 0.6 is 0 Å². The van der Waals surface area contributed by atoms with Gasteiger partial charge >= 0.3 is 0 Å². The van der Waals surface area contributed by atoms with Crippen molar-refractivity contribution >= 4 is 16.6 Å². The molecule has 0 aliphatic rings. The number of benzene rings is 2. The maximum absolute atomic E-state index is 13.5. The van der Waals surface area contributed by atoms with Crippen LogP contribution in [0.15, 0.2) is 66.9 Å². The Morgan fingerprint density at radius 1 is 1.00 bits per heavy atom. The topological polar surface area (TPSA) is 55.2 Å². The smallest absolute Gasteiger partial charge is 0.159 e. The monoisotopic (exact) mass is 358 g/mol. The van der Waals surface area contributed by atoms with Gasteiger partial charge in [-0.2, -0.15) is 0 Å². The summed E-state index contributed by atoms with van der Waals surface area (Å²) in [4.78, 5) is 12.6. The Hall–Kier alpha value is -3.67. The number of fused-ring (bicyclic) bond motifs is 2. The molecule has 0 atom stereocenters. The molecule has 1 N–H and O–H groups in total. The van der Waals surface area contributed by atoms with Gasteiger partial charge in [0.15, 0.2) is 5.82 Å². The third kappa shape index (κ3) is 2.54. The van der Waals surface area contributed by atoms with E-state index in [0.717, 1.165) is 28.3 Å². The van der Waals surface area contributed by atoms with Gasteiger partial charge in [-0.25, -0.2) is 14.4 Å². The highest BCUT2D eigenvalue weighted by Crippen LogP contribution is 2.30. The van der Waals surface area contributed by atoms with E-state index in [0.29, 0.717) is 16.9 Å². The molecule has 0 unspecified atom stereocenters. The zero-order chi connectivity index (χ0) is 18.4. The number of nitrogens with one attached hydrogen (secondary N) is 1. The Labute approximate surface area is 154 Å². The van der Waals surface area contributed by atoms with Crippen molar-refractivity contribution in [3.63, 3.8) is 0 Å². The van der Waals surface area contributed by atoms with Gasteiger partial charge in [-0.1, -0.05) is 6.07 Å². The van der Waals surface area contributed by atoms with Crippen molar-refractivity contribution in [2.24, 2.45) is 0 Å². The van der Waals surface area contributed by atoms with Gasteiger partial charge in [0.2, 0.25) is 0 Å². The van der Waals surface area contributed by atoms with Crippen molar-refractivity contribution in [2.75, 3.05) is 7.11 Å². The Kier molecular flexibility index (Phi) is 3.43. The summed E-state index contributed by atoms with van der Waals surface area (Å²) in [6.45, 7) is 0. The van der Waals surface area contributed by atoms with Gasteiger partial charge in [0.1, 0.15) is 23.1 Å². The summed E-state index contributed by atoms with van der Waals surface area (Å²) in [5.41, 5.74) is 3.95. The molecule has 5 rings (SSSR count). The number of hydrogen-bond acceptors (Lipinski definition) is 3. The van der Waals surface area contributed by atoms with E-state index < -0.39 is 0 Å². The number of halogens is 1. The van der Waals surface area contributed by atoms with Crippen LogP contribution < -0.4 is 4.74 Å². The number of imidazole rings is 2. The number of methoxy groups -OCH3 is 1. The van der Waals surface area contributed by atoms with Crippen LogP contribution in [0.1, 0.15) is 0 Å². The Balaban J connectivity index is 1.72. The second kappa shape index (κ2) is 5.95. The summed E-state index contributed by atoms with van der Waals surface area (Å²) in [6, 6.07) is 18.2. The Morgan fingerprint density at radius 2 is 1.85 bits per heavy atom. The SMILES string of the molecule is COc1ccc(-c2nc(-c3nc4ccc(F)cc4[nH]3)c3ccccn23)cc1. The first-order chi connectivity index (χ1) is 13.2. The van der Waals surface area contributed by atoms with E-state index in [2.05, 4.69) is 9.97 Å². The van der Waals surface area contributed by atoms with Crippen LogP contribution in [0.2, 0.25) is 0 Å². The van der Waals surface area contributed by atoms with E-state index >= 15 is 0 Å². The molecule has 5 nitrogen and oxygen atoms in total. The van der Waals surface area contributed by atoms with Crippen LogP contribution in [0.4, 0.5) is 4.39 Å². The number of hydrogen-bond donors (Lipinski definition) is 1. The van der Waals surface area contributed by atoms with E-state index in [1.165, 1.54) is 12.1 Å². The summed E-state index contributed by atoms with van der Waals surface area (Å²) in [6.07, 6.45) is 1.97. The van der Waals surface area contributed by atoms with Crippen molar-refractivity contribution in [3.8, 4) is 28.7 Å². The van der Waals surface area contributed by atoms with E-state index in [9.17, 15) is 4.39 Å². The lowest BCUT2D eigenvalue weighted by Gasteiger charge is -2.03. The number of rotatable bonds is 3. The van der Waals surface area contributed by atoms with Gasteiger partial charge in [0.05, 0.1) is 23.7 Å². The number of pyridine rings is 1. The van der Waals surface area contributed by atoms with Crippen LogP contribution in [0, 0.1) is 5.82 Å². The van der Waals surface area contributed by atoms with Crippen LogP contribution in [0.3, 0.4) is 0 Å². The summed E-state index contributed by atoms with van der Waals surface area (Å²) >= 11 is 0. The van der Waals surface area contributed by atoms with Gasteiger partial charge in [-0.15, -0.1) is 0 Å². The molecule has 5 aromatic rings. The van der Waals surface area contributed by atoms with Crippen LogP contribution in [-0.2, 0) is 0 Å². The Morgan fingerprint density at radius 3 is 2.67 bits per heavy atom. The maximum atomic E-state index is 13.5. The van der Waals surface area contributed by atoms with Crippen LogP contribution in [0.25, 0.3) is 39.5 Å². The predicted octanol–water partition coefficient (Wildman–Crippen LogP) is 4.69. The number of aromatic nitrogens is 4. The summed E-state index contributed by atoms with van der Waals surface area (Å²) in [7, 11) is 1.64. The van der Waals surface area contributed by atoms with Crippen molar-refractivity contribution in [2.45, 2.75) is 0 Å². The van der Waals surface area contributed by atoms with Crippen molar-refractivity contribution < 1.29 is 9.13 Å². The molecule has 2 aromatic carbocycles. The summed E-state index contributed by atoms with van der Waals surface area (Å²) in [5.74, 6) is 1.90. The largest absolute Gasteiger partial charge is 0.497 e. The average molecular weight is 358 g/mol. The maximum Gasteiger partial charge on any atom is 0.159 e. The average Bonchev–Trinajstić information content (AvgIpc) is 3.29. The van der Waals surface area contributed by atoms with E-state index in [4.69, 9.17) is 9.72 Å². The number of ether oxygens (including phenoxy) is 1. The Bertz CT molecular complexity index is 1270. The van der Waals surface area contributed by atoms with Gasteiger partial charge < -0.3 is 9.72 Å². The molecule has 27 heavy (non-hydrogen) atoms. The molecule has 0 aliphatic carbocycles. The number of H-pyrrole nitrogens is 1. The first kappa shape index (κ1) is 15.6. The fraction of sp³-hybridized carbons (Fsp3) is 0.0476. The van der Waals surface area contributed by atoms with Crippen molar-refractivity contribution in [1.82, 2.24) is 19.4 Å². The van der Waals surface area contributed by atoms with Gasteiger partial charge in [-0.05, 0) is 54.6 Å². The zero-order valence-electron chi connectivity index (χ0n) is 14.5. The van der Waals surface area contributed by atoms with E-state index in [-0.39, 0.29) is 5.82 Å². The molecule has 0 aliphatic heterocycles. The fourth-order valence-electron chi connectivity index (χ4n) is 3.25. The molecule has 0 radical (unpaired) electrons. The molecule has 6 heteroatoms. The van der Waals surface area contributed by atoms with Gasteiger partial charge in [0.25, 0.3) is 0 Å². The van der Waals surface area contributed by atoms with Gasteiger partial charge in [0, 0.05) is 11.8 Å². The van der Waals surface area contributed by atoms with Crippen molar-refractivity contribution in [3.05, 3.63) is 72.7 Å². The molecule has 0 fully saturated rings. The lowest BCUT2D eigenvalue weighted by molar-refractivity contribution is 0.415. The minimum absolute atomic E-state index is 0.300. The van der Waals surface area contributed by atoms with Gasteiger partial charge in [-0.3, -0.25) is 4.40 Å². The number of nitrogens with zero attached hydrogens (tertiary/aromatic N) is 3. The molecular weight excluding hydrogens is 343 g/mol. The summed E-state index contributed by atoms with van der Waals surface area (Å²) in [5, 5.41) is 0. The second-order valence-electron chi connectivity index (χ2n) is 6.22. The first-order valence-electron chi connectivity index (χ1n) is 8.50. The highest BCUT2D eigenvalue weighted by atomic mass is 19.1. The molecule has 0 saturated carbocycles. The molecule has 0 spiro atoms. The molecule has 0 amide bonds. The minimum atomic E-state index is -0.300. The van der Waals surface area contributed by atoms with Crippen LogP contribution in [0.5, 0.6) is 5.75 Å². The van der Waals surface area contributed by atoms with E-state index in [1.807, 2.05) is 53.1 Å². The van der Waals surface area contributed by atoms with Crippen molar-refractivity contribution in [1.29, 1.82) is 0 Å². The normalized spacial score (nSPS) is 11.3. The minimum Gasteiger partial charge on any atom is -0.497 e. The number of aromatic amines is 1. The fourth-order valence-corrected chi connectivity index (χ4v) is 3.25. The third-order valence-corrected chi connectivity index (χ3v) is 4.56. The molecule has 3 heterocycles.